The first-order chi connectivity index (χ1) is 16.2. The monoisotopic (exact) mass is 459 g/mol. The molecule has 1 fully saturated rings. The summed E-state index contributed by atoms with van der Waals surface area (Å²) < 4.78 is 14.2. The van der Waals surface area contributed by atoms with Gasteiger partial charge in [0.25, 0.3) is 5.91 Å². The molecule has 8 heteroatoms. The summed E-state index contributed by atoms with van der Waals surface area (Å²) in [6, 6.07) is 15.7. The van der Waals surface area contributed by atoms with E-state index in [1.807, 2.05) is 29.6 Å². The largest absolute Gasteiger partial charge is 0.357 e. The van der Waals surface area contributed by atoms with Crippen molar-refractivity contribution in [1.82, 2.24) is 15.0 Å². The summed E-state index contributed by atoms with van der Waals surface area (Å²) in [5, 5.41) is 5.41. The number of hydrogen-bond acceptors (Lipinski definition) is 6. The second-order valence-corrected chi connectivity index (χ2v) is 8.68. The van der Waals surface area contributed by atoms with Gasteiger partial charge in [-0.05, 0) is 37.5 Å². The molecule has 33 heavy (non-hydrogen) atoms. The predicted octanol–water partition coefficient (Wildman–Crippen LogP) is 5.65. The number of carbonyl (C=O) groups is 1. The third-order valence-corrected chi connectivity index (χ3v) is 6.50. The Labute approximate surface area is 195 Å². The van der Waals surface area contributed by atoms with Crippen molar-refractivity contribution in [2.75, 3.05) is 23.3 Å². The molecule has 0 radical (unpaired) electrons. The van der Waals surface area contributed by atoms with Crippen LogP contribution in [-0.2, 0) is 0 Å². The number of thiazole rings is 1. The molecule has 6 nitrogen and oxygen atoms in total. The normalized spacial score (nSPS) is 13.7. The molecule has 4 aromatic rings. The molecule has 1 N–H and O–H groups in total. The lowest BCUT2D eigenvalue weighted by molar-refractivity contribution is 0.102. The first-order valence-electron chi connectivity index (χ1n) is 10.9. The van der Waals surface area contributed by atoms with E-state index in [0.717, 1.165) is 37.3 Å². The van der Waals surface area contributed by atoms with Crippen molar-refractivity contribution in [3.63, 3.8) is 0 Å². The van der Waals surface area contributed by atoms with Crippen LogP contribution < -0.4 is 10.2 Å². The zero-order chi connectivity index (χ0) is 22.6. The van der Waals surface area contributed by atoms with Crippen LogP contribution in [-0.4, -0.2) is 33.9 Å². The molecule has 2 aromatic carbocycles. The quantitative estimate of drug-likeness (QED) is 0.418. The van der Waals surface area contributed by atoms with Crippen LogP contribution in [0.25, 0.3) is 21.8 Å². The topological polar surface area (TPSA) is 71.0 Å². The average molecular weight is 460 g/mol. The molecule has 0 aliphatic carbocycles. The van der Waals surface area contributed by atoms with Crippen LogP contribution in [0.1, 0.15) is 29.8 Å². The van der Waals surface area contributed by atoms with E-state index >= 15 is 0 Å². The van der Waals surface area contributed by atoms with Crippen molar-refractivity contribution >= 4 is 28.7 Å². The van der Waals surface area contributed by atoms with Gasteiger partial charge in [-0.3, -0.25) is 4.79 Å². The van der Waals surface area contributed by atoms with Crippen molar-refractivity contribution < 1.29 is 9.18 Å². The van der Waals surface area contributed by atoms with E-state index in [1.165, 1.54) is 30.2 Å². The van der Waals surface area contributed by atoms with Gasteiger partial charge in [0.15, 0.2) is 0 Å². The second kappa shape index (κ2) is 9.46. The maximum atomic E-state index is 14.2. The Hall–Kier alpha value is -3.65. The van der Waals surface area contributed by atoms with Crippen LogP contribution in [0.3, 0.4) is 0 Å². The highest BCUT2D eigenvalue weighted by Crippen LogP contribution is 2.33. The molecule has 166 valence electrons. The third kappa shape index (κ3) is 4.61. The molecular weight excluding hydrogens is 437 g/mol. The highest BCUT2D eigenvalue weighted by atomic mass is 32.1. The molecule has 1 aliphatic heterocycles. The average Bonchev–Trinajstić information content (AvgIpc) is 3.35. The molecule has 1 amide bonds. The number of rotatable bonds is 5. The van der Waals surface area contributed by atoms with E-state index in [2.05, 4.69) is 25.2 Å². The van der Waals surface area contributed by atoms with Crippen molar-refractivity contribution in [1.29, 1.82) is 0 Å². The summed E-state index contributed by atoms with van der Waals surface area (Å²) in [6.45, 7) is 1.88. The summed E-state index contributed by atoms with van der Waals surface area (Å²) in [6.07, 6.45) is 4.91. The van der Waals surface area contributed by atoms with E-state index in [1.54, 1.807) is 24.3 Å². The molecule has 0 atom stereocenters. The molecule has 1 saturated heterocycles. The lowest BCUT2D eigenvalue weighted by atomic mass is 10.1. The van der Waals surface area contributed by atoms with E-state index in [-0.39, 0.29) is 11.7 Å². The van der Waals surface area contributed by atoms with Gasteiger partial charge in [-0.1, -0.05) is 30.3 Å². The Morgan fingerprint density at radius 1 is 0.970 bits per heavy atom. The van der Waals surface area contributed by atoms with Gasteiger partial charge < -0.3 is 10.2 Å². The fourth-order valence-electron chi connectivity index (χ4n) is 3.92. The molecule has 2 aromatic heterocycles. The summed E-state index contributed by atoms with van der Waals surface area (Å²) >= 11 is 1.36. The van der Waals surface area contributed by atoms with Crippen LogP contribution >= 0.6 is 11.3 Å². The number of halogens is 1. The number of amides is 1. The molecule has 0 spiro atoms. The zero-order valence-corrected chi connectivity index (χ0v) is 18.7. The van der Waals surface area contributed by atoms with E-state index in [4.69, 9.17) is 0 Å². The van der Waals surface area contributed by atoms with Crippen LogP contribution in [0.15, 0.2) is 66.3 Å². The lowest BCUT2D eigenvalue weighted by Gasteiger charge is -2.27. The Balaban J connectivity index is 1.39. The van der Waals surface area contributed by atoms with E-state index < -0.39 is 0 Å². The number of hydrogen-bond donors (Lipinski definition) is 1. The standard InChI is InChI=1S/C25H22FN5OS/c26-19-10-4-2-8-17(19)25-30-22(15-33-25)18-9-3-5-11-20(18)29-24(32)21-14-23(28-16-27-21)31-12-6-1-7-13-31/h2-5,8-11,14-16H,1,6-7,12-13H2,(H,29,32). The Morgan fingerprint density at radius 3 is 2.55 bits per heavy atom. The Bertz CT molecular complexity index is 1290. The first kappa shape index (κ1) is 21.2. The first-order valence-corrected chi connectivity index (χ1v) is 11.8. The fourth-order valence-corrected chi connectivity index (χ4v) is 4.77. The minimum absolute atomic E-state index is 0.311. The van der Waals surface area contributed by atoms with Crippen LogP contribution in [0.4, 0.5) is 15.9 Å². The summed E-state index contributed by atoms with van der Waals surface area (Å²) in [5.74, 6) is 0.151. The minimum Gasteiger partial charge on any atom is -0.357 e. The molecule has 0 saturated carbocycles. The Kier molecular flexibility index (Phi) is 6.08. The highest BCUT2D eigenvalue weighted by molar-refractivity contribution is 7.13. The number of para-hydroxylation sites is 1. The highest BCUT2D eigenvalue weighted by Gasteiger charge is 2.18. The van der Waals surface area contributed by atoms with Gasteiger partial charge in [0.1, 0.15) is 28.7 Å². The molecule has 0 unspecified atom stereocenters. The van der Waals surface area contributed by atoms with Crippen LogP contribution in [0.2, 0.25) is 0 Å². The van der Waals surface area contributed by atoms with Gasteiger partial charge in [0.05, 0.1) is 11.4 Å². The molecule has 5 rings (SSSR count). The van der Waals surface area contributed by atoms with Crippen molar-refractivity contribution in [3.8, 4) is 21.8 Å². The van der Waals surface area contributed by atoms with Gasteiger partial charge in [-0.15, -0.1) is 11.3 Å². The van der Waals surface area contributed by atoms with E-state index in [0.29, 0.717) is 27.6 Å². The molecule has 1 aliphatic rings. The van der Waals surface area contributed by atoms with Gasteiger partial charge in [-0.2, -0.15) is 0 Å². The lowest BCUT2D eigenvalue weighted by Crippen LogP contribution is -2.30. The number of benzene rings is 2. The summed E-state index contributed by atoms with van der Waals surface area (Å²) in [5.41, 5.74) is 2.82. The minimum atomic E-state index is -0.312. The van der Waals surface area contributed by atoms with Crippen LogP contribution in [0.5, 0.6) is 0 Å². The molecular formula is C25H22FN5OS. The number of aromatic nitrogens is 3. The predicted molar refractivity (Wildman–Crippen MR) is 129 cm³/mol. The zero-order valence-electron chi connectivity index (χ0n) is 17.9. The maximum Gasteiger partial charge on any atom is 0.274 e. The summed E-state index contributed by atoms with van der Waals surface area (Å²) in [4.78, 5) is 28.4. The Morgan fingerprint density at radius 2 is 1.73 bits per heavy atom. The number of nitrogens with one attached hydrogen (secondary N) is 1. The second-order valence-electron chi connectivity index (χ2n) is 7.83. The fraction of sp³-hybridized carbons (Fsp3) is 0.200. The number of nitrogens with zero attached hydrogens (tertiary/aromatic N) is 4. The van der Waals surface area contributed by atoms with Gasteiger partial charge >= 0.3 is 0 Å². The summed E-state index contributed by atoms with van der Waals surface area (Å²) in [7, 11) is 0. The number of anilines is 2. The SMILES string of the molecule is O=C(Nc1ccccc1-c1csc(-c2ccccc2F)n1)c1cc(N2CCCCC2)ncn1. The van der Waals surface area contributed by atoms with Gasteiger partial charge in [-0.25, -0.2) is 19.3 Å². The van der Waals surface area contributed by atoms with Gasteiger partial charge in [0.2, 0.25) is 0 Å². The van der Waals surface area contributed by atoms with Crippen molar-refractivity contribution in [2.45, 2.75) is 19.3 Å². The third-order valence-electron chi connectivity index (χ3n) is 5.63. The molecule has 0 bridgehead atoms. The van der Waals surface area contributed by atoms with Gasteiger partial charge in [0, 0.05) is 35.7 Å². The molecule has 3 heterocycles. The smallest absolute Gasteiger partial charge is 0.274 e. The van der Waals surface area contributed by atoms with E-state index in [9.17, 15) is 9.18 Å². The van der Waals surface area contributed by atoms with Crippen LogP contribution in [0, 0.1) is 5.82 Å². The number of carbonyl (C=O) groups excluding carboxylic acids is 1. The van der Waals surface area contributed by atoms with Crippen molar-refractivity contribution in [3.05, 3.63) is 77.8 Å². The van der Waals surface area contributed by atoms with Crippen molar-refractivity contribution in [2.24, 2.45) is 0 Å². The maximum absolute atomic E-state index is 14.2. The number of piperidine rings is 1.